The van der Waals surface area contributed by atoms with Crippen molar-refractivity contribution in [2.75, 3.05) is 11.9 Å². The first-order chi connectivity index (χ1) is 17.1. The zero-order valence-electron chi connectivity index (χ0n) is 19.8. The summed E-state index contributed by atoms with van der Waals surface area (Å²) in [5, 5.41) is 9.35. The molecule has 0 fully saturated rings. The normalized spacial score (nSPS) is 13.8. The van der Waals surface area contributed by atoms with E-state index in [0.29, 0.717) is 17.8 Å². The van der Waals surface area contributed by atoms with Crippen LogP contribution in [0.5, 0.6) is 0 Å². The number of nitrogens with zero attached hydrogens (tertiary/aromatic N) is 5. The molecule has 0 atom stereocenters. The van der Waals surface area contributed by atoms with E-state index in [0.717, 1.165) is 58.4 Å². The van der Waals surface area contributed by atoms with E-state index >= 15 is 0 Å². The number of para-hydroxylation sites is 1. The van der Waals surface area contributed by atoms with Gasteiger partial charge in [-0.1, -0.05) is 48.5 Å². The lowest BCUT2D eigenvalue weighted by Crippen LogP contribution is -2.32. The highest BCUT2D eigenvalue weighted by Crippen LogP contribution is 2.30. The van der Waals surface area contributed by atoms with Crippen molar-refractivity contribution in [2.24, 2.45) is 7.05 Å². The highest BCUT2D eigenvalue weighted by molar-refractivity contribution is 6.14. The van der Waals surface area contributed by atoms with E-state index in [1.165, 1.54) is 5.56 Å². The first-order valence-electron chi connectivity index (χ1n) is 11.8. The molecule has 0 spiro atoms. The smallest absolute Gasteiger partial charge is 0.256 e. The fourth-order valence-corrected chi connectivity index (χ4v) is 5.05. The van der Waals surface area contributed by atoms with E-state index in [1.54, 1.807) is 10.9 Å². The van der Waals surface area contributed by atoms with Crippen LogP contribution in [0.25, 0.3) is 21.9 Å². The van der Waals surface area contributed by atoms with E-state index in [2.05, 4.69) is 44.6 Å². The fraction of sp³-hybridized carbons (Fsp3) is 0.214. The van der Waals surface area contributed by atoms with E-state index in [1.807, 2.05) is 50.4 Å². The molecule has 2 aromatic carbocycles. The van der Waals surface area contributed by atoms with E-state index < -0.39 is 0 Å². The second-order valence-corrected chi connectivity index (χ2v) is 9.13. The van der Waals surface area contributed by atoms with Crippen molar-refractivity contribution in [1.29, 1.82) is 0 Å². The van der Waals surface area contributed by atoms with Gasteiger partial charge in [0.2, 0.25) is 0 Å². The van der Waals surface area contributed by atoms with Crippen molar-refractivity contribution >= 4 is 33.5 Å². The Hall–Kier alpha value is -4.10. The van der Waals surface area contributed by atoms with Crippen molar-refractivity contribution in [3.63, 3.8) is 0 Å². The molecule has 174 valence electrons. The molecule has 0 saturated heterocycles. The average Bonchev–Trinajstić information content (AvgIpc) is 3.15. The minimum absolute atomic E-state index is 0.135. The van der Waals surface area contributed by atoms with Crippen LogP contribution in [0.15, 0.2) is 66.9 Å². The Morgan fingerprint density at radius 2 is 1.86 bits per heavy atom. The lowest BCUT2D eigenvalue weighted by molar-refractivity contribution is 0.102. The average molecular weight is 463 g/mol. The maximum absolute atomic E-state index is 13.8. The molecule has 1 aliphatic heterocycles. The lowest BCUT2D eigenvalue weighted by atomic mass is 9.95. The number of amides is 1. The number of anilines is 1. The molecule has 0 radical (unpaired) electrons. The van der Waals surface area contributed by atoms with Gasteiger partial charge >= 0.3 is 0 Å². The standard InChI is InChI=1S/C28H26N6O/c1-18-22-14-20(15-29-27(22)33(2)32-18)30-28(35)26-21-10-6-7-11-24(21)31-25-12-13-34(17-23(25)26)16-19-8-4-3-5-9-19/h3-11,14-15H,12-13,16-17H2,1-2H3,(H,30,35). The third-order valence-corrected chi connectivity index (χ3v) is 6.72. The van der Waals surface area contributed by atoms with Gasteiger partial charge in [-0.15, -0.1) is 0 Å². The van der Waals surface area contributed by atoms with E-state index in [-0.39, 0.29) is 5.91 Å². The van der Waals surface area contributed by atoms with E-state index in [4.69, 9.17) is 4.98 Å². The highest BCUT2D eigenvalue weighted by Gasteiger charge is 2.26. The molecule has 0 aliphatic carbocycles. The Morgan fingerprint density at radius 3 is 2.71 bits per heavy atom. The summed E-state index contributed by atoms with van der Waals surface area (Å²) in [6, 6.07) is 20.3. The Labute approximate surface area is 203 Å². The summed E-state index contributed by atoms with van der Waals surface area (Å²) < 4.78 is 1.75. The number of pyridine rings is 2. The summed E-state index contributed by atoms with van der Waals surface area (Å²) in [6.07, 6.45) is 2.51. The zero-order valence-corrected chi connectivity index (χ0v) is 19.8. The highest BCUT2D eigenvalue weighted by atomic mass is 16.1. The van der Waals surface area contributed by atoms with Crippen molar-refractivity contribution < 1.29 is 4.79 Å². The van der Waals surface area contributed by atoms with Gasteiger partial charge in [0.15, 0.2) is 5.65 Å². The summed E-state index contributed by atoms with van der Waals surface area (Å²) in [5.74, 6) is -0.135. The third-order valence-electron chi connectivity index (χ3n) is 6.72. The zero-order chi connectivity index (χ0) is 23.9. The van der Waals surface area contributed by atoms with E-state index in [9.17, 15) is 4.79 Å². The number of nitrogens with one attached hydrogen (secondary N) is 1. The number of aromatic nitrogens is 4. The molecule has 1 amide bonds. The summed E-state index contributed by atoms with van der Waals surface area (Å²) in [5.41, 5.74) is 7.17. The van der Waals surface area contributed by atoms with Crippen LogP contribution in [-0.4, -0.2) is 37.1 Å². The monoisotopic (exact) mass is 462 g/mol. The van der Waals surface area contributed by atoms with Crippen LogP contribution >= 0.6 is 0 Å². The SMILES string of the molecule is Cc1nn(C)c2ncc(NC(=O)c3c4c(nc5ccccc35)CCN(Cc3ccccc3)C4)cc12. The maximum Gasteiger partial charge on any atom is 0.256 e. The van der Waals surface area contributed by atoms with Crippen LogP contribution in [0.3, 0.4) is 0 Å². The second kappa shape index (κ2) is 8.60. The summed E-state index contributed by atoms with van der Waals surface area (Å²) in [7, 11) is 1.87. The first-order valence-corrected chi connectivity index (χ1v) is 11.8. The van der Waals surface area contributed by atoms with Gasteiger partial charge in [-0.05, 0) is 24.6 Å². The molecule has 7 nitrogen and oxygen atoms in total. The Kier molecular flexibility index (Phi) is 5.26. The largest absolute Gasteiger partial charge is 0.321 e. The molecule has 0 saturated carbocycles. The molecule has 6 rings (SSSR count). The van der Waals surface area contributed by atoms with Crippen molar-refractivity contribution in [3.8, 4) is 0 Å². The van der Waals surface area contributed by atoms with Gasteiger partial charge in [0.05, 0.1) is 28.7 Å². The molecular formula is C28H26N6O. The van der Waals surface area contributed by atoms with Crippen LogP contribution in [0.2, 0.25) is 0 Å². The van der Waals surface area contributed by atoms with Gasteiger partial charge in [-0.2, -0.15) is 5.10 Å². The van der Waals surface area contributed by atoms with Crippen molar-refractivity contribution in [3.05, 3.63) is 94.9 Å². The molecule has 0 bridgehead atoms. The van der Waals surface area contributed by atoms with Crippen LogP contribution < -0.4 is 5.32 Å². The molecule has 3 aromatic heterocycles. The van der Waals surface area contributed by atoms with Crippen LogP contribution in [0.1, 0.15) is 32.9 Å². The predicted molar refractivity (Wildman–Crippen MR) is 137 cm³/mol. The minimum Gasteiger partial charge on any atom is -0.321 e. The number of rotatable bonds is 4. The summed E-state index contributed by atoms with van der Waals surface area (Å²) in [4.78, 5) is 25.6. The minimum atomic E-state index is -0.135. The summed E-state index contributed by atoms with van der Waals surface area (Å²) >= 11 is 0. The third kappa shape index (κ3) is 3.94. The van der Waals surface area contributed by atoms with Crippen LogP contribution in [-0.2, 0) is 26.6 Å². The Bertz CT molecular complexity index is 1570. The molecule has 4 heterocycles. The van der Waals surface area contributed by atoms with Gasteiger partial charge in [0.1, 0.15) is 0 Å². The maximum atomic E-state index is 13.8. The molecule has 1 aliphatic rings. The van der Waals surface area contributed by atoms with Gasteiger partial charge < -0.3 is 5.32 Å². The van der Waals surface area contributed by atoms with Gasteiger partial charge in [0.25, 0.3) is 5.91 Å². The number of carbonyl (C=O) groups is 1. The second-order valence-electron chi connectivity index (χ2n) is 9.13. The molecule has 1 N–H and O–H groups in total. The van der Waals surface area contributed by atoms with Gasteiger partial charge in [-0.3, -0.25) is 19.4 Å². The van der Waals surface area contributed by atoms with Crippen LogP contribution in [0.4, 0.5) is 5.69 Å². The van der Waals surface area contributed by atoms with Crippen LogP contribution in [0, 0.1) is 6.92 Å². The Morgan fingerprint density at radius 1 is 1.06 bits per heavy atom. The molecule has 7 heteroatoms. The molecule has 0 unspecified atom stereocenters. The van der Waals surface area contributed by atoms with Crippen molar-refractivity contribution in [2.45, 2.75) is 26.4 Å². The topological polar surface area (TPSA) is 75.9 Å². The first kappa shape index (κ1) is 21.4. The van der Waals surface area contributed by atoms with Gasteiger partial charge in [-0.25, -0.2) is 4.98 Å². The fourth-order valence-electron chi connectivity index (χ4n) is 5.05. The van der Waals surface area contributed by atoms with Gasteiger partial charge in [0, 0.05) is 55.1 Å². The van der Waals surface area contributed by atoms with Crippen molar-refractivity contribution in [1.82, 2.24) is 24.6 Å². The quantitative estimate of drug-likeness (QED) is 0.421. The number of benzene rings is 2. The molecule has 5 aromatic rings. The molecular weight excluding hydrogens is 436 g/mol. The molecule has 35 heavy (non-hydrogen) atoms. The number of hydrogen-bond acceptors (Lipinski definition) is 5. The number of hydrogen-bond donors (Lipinski definition) is 1. The Balaban J connectivity index is 1.38. The number of carbonyl (C=O) groups excluding carboxylic acids is 1. The summed E-state index contributed by atoms with van der Waals surface area (Å²) in [6.45, 7) is 4.39. The predicted octanol–water partition coefficient (Wildman–Crippen LogP) is 4.64. The lowest BCUT2D eigenvalue weighted by Gasteiger charge is -2.30. The number of aryl methyl sites for hydroxylation is 2. The number of fused-ring (bicyclic) bond motifs is 3.